The van der Waals surface area contributed by atoms with Gasteiger partial charge in [0.1, 0.15) is 5.52 Å². The van der Waals surface area contributed by atoms with Crippen molar-refractivity contribution < 1.29 is 13.6 Å². The van der Waals surface area contributed by atoms with Crippen LogP contribution in [0.5, 0.6) is 0 Å². The van der Waals surface area contributed by atoms with Gasteiger partial charge in [0.15, 0.2) is 17.5 Å². The molecule has 4 rings (SSSR count). The van der Waals surface area contributed by atoms with Gasteiger partial charge < -0.3 is 16.0 Å². The van der Waals surface area contributed by atoms with Crippen LogP contribution in [0.15, 0.2) is 45.9 Å². The molecule has 144 valence electrons. The molecular weight excluding hydrogens is 372 g/mol. The van der Waals surface area contributed by atoms with Crippen molar-refractivity contribution in [2.24, 2.45) is 4.99 Å². The molecule has 11 heteroatoms. The van der Waals surface area contributed by atoms with Crippen molar-refractivity contribution in [1.82, 2.24) is 24.8 Å². The smallest absolute Gasteiger partial charge is 0.277 e. The molecule has 2 aliphatic rings. The molecule has 2 aromatic rings. The summed E-state index contributed by atoms with van der Waals surface area (Å²) in [5.41, 5.74) is 5.15. The van der Waals surface area contributed by atoms with Gasteiger partial charge in [-0.1, -0.05) is 0 Å². The number of aromatic amines is 1. The molecular formula is C17H15F2N7O2. The molecule has 0 aliphatic carbocycles. The summed E-state index contributed by atoms with van der Waals surface area (Å²) >= 11 is 0. The Labute approximate surface area is 156 Å². The number of halogens is 2. The Kier molecular flexibility index (Phi) is 4.06. The van der Waals surface area contributed by atoms with E-state index in [1.54, 1.807) is 0 Å². The Morgan fingerprint density at radius 2 is 2.18 bits per heavy atom. The van der Waals surface area contributed by atoms with Crippen LogP contribution in [0.1, 0.15) is 12.0 Å². The molecule has 9 nitrogen and oxygen atoms in total. The quantitative estimate of drug-likeness (QED) is 0.700. The molecule has 0 aromatic carbocycles. The maximum atomic E-state index is 14.7. The molecule has 0 radical (unpaired) electrons. The number of aromatic nitrogens is 3. The molecule has 4 N–H and O–H groups in total. The SMILES string of the molecule is CNC(=O)C1=CN=C2C(F)=CC(c3c(F)cn4nc(N)[nH]c(=O)c34)=CN2CC1. The van der Waals surface area contributed by atoms with Crippen molar-refractivity contribution in [2.45, 2.75) is 6.42 Å². The number of hydrogen-bond donors (Lipinski definition) is 3. The summed E-state index contributed by atoms with van der Waals surface area (Å²) in [6.07, 6.45) is 5.19. The fourth-order valence-corrected chi connectivity index (χ4v) is 3.18. The van der Waals surface area contributed by atoms with Gasteiger partial charge in [-0.2, -0.15) is 0 Å². The number of amidine groups is 1. The predicted octanol–water partition coefficient (Wildman–Crippen LogP) is 0.686. The number of allylic oxidation sites excluding steroid dienone is 2. The van der Waals surface area contributed by atoms with E-state index in [1.165, 1.54) is 24.3 Å². The summed E-state index contributed by atoms with van der Waals surface area (Å²) in [6.45, 7) is 0.248. The molecule has 4 heterocycles. The fraction of sp³-hybridized carbons (Fsp3) is 0.176. The summed E-state index contributed by atoms with van der Waals surface area (Å²) in [7, 11) is 1.49. The van der Waals surface area contributed by atoms with E-state index < -0.39 is 17.2 Å². The number of rotatable bonds is 2. The summed E-state index contributed by atoms with van der Waals surface area (Å²) in [4.78, 5) is 31.9. The Hall–Kier alpha value is -3.76. The van der Waals surface area contributed by atoms with Crippen LogP contribution in [-0.2, 0) is 4.79 Å². The number of amides is 1. The zero-order valence-corrected chi connectivity index (χ0v) is 14.7. The van der Waals surface area contributed by atoms with Gasteiger partial charge in [-0.15, -0.1) is 5.10 Å². The third-order valence-electron chi connectivity index (χ3n) is 4.45. The lowest BCUT2D eigenvalue weighted by atomic mass is 10.0. The molecule has 2 aromatic heterocycles. The van der Waals surface area contributed by atoms with E-state index in [1.807, 2.05) is 0 Å². The number of nitrogens with one attached hydrogen (secondary N) is 2. The van der Waals surface area contributed by atoms with Crippen molar-refractivity contribution in [3.63, 3.8) is 0 Å². The summed E-state index contributed by atoms with van der Waals surface area (Å²) in [5, 5.41) is 6.33. The molecule has 0 bridgehead atoms. The first kappa shape index (κ1) is 17.6. The molecule has 0 spiro atoms. The normalized spacial score (nSPS) is 16.6. The second kappa shape index (κ2) is 6.44. The van der Waals surface area contributed by atoms with E-state index in [9.17, 15) is 18.4 Å². The number of nitrogens with zero attached hydrogens (tertiary/aromatic N) is 4. The third-order valence-corrected chi connectivity index (χ3v) is 4.45. The highest BCUT2D eigenvalue weighted by atomic mass is 19.1. The topological polar surface area (TPSA) is 121 Å². The standard InChI is InChI=1S/C17H15F2N7O2/c1-21-15(27)8-2-3-25-6-9(4-10(18)14(25)22-5-8)12-11(19)7-26-13(12)16(28)23-17(20)24-26/h4-7H,2-3H2,1H3,(H,21,27)(H3,20,23,24,28). The summed E-state index contributed by atoms with van der Waals surface area (Å²) in [5.74, 6) is -1.95. The van der Waals surface area contributed by atoms with E-state index in [0.29, 0.717) is 12.0 Å². The number of nitrogen functional groups attached to an aromatic ring is 1. The fourth-order valence-electron chi connectivity index (χ4n) is 3.18. The maximum Gasteiger partial charge on any atom is 0.277 e. The Morgan fingerprint density at radius 1 is 1.39 bits per heavy atom. The van der Waals surface area contributed by atoms with Crippen LogP contribution in [0, 0.1) is 5.82 Å². The van der Waals surface area contributed by atoms with E-state index in [0.717, 1.165) is 16.8 Å². The summed E-state index contributed by atoms with van der Waals surface area (Å²) < 4.78 is 30.3. The van der Waals surface area contributed by atoms with E-state index in [4.69, 9.17) is 5.73 Å². The van der Waals surface area contributed by atoms with Gasteiger partial charge >= 0.3 is 0 Å². The number of anilines is 1. The zero-order chi connectivity index (χ0) is 20.0. The Balaban J connectivity index is 1.80. The minimum atomic E-state index is -0.752. The van der Waals surface area contributed by atoms with Crippen molar-refractivity contribution in [3.05, 3.63) is 57.8 Å². The van der Waals surface area contributed by atoms with E-state index in [2.05, 4.69) is 20.4 Å². The molecule has 28 heavy (non-hydrogen) atoms. The first-order valence-electron chi connectivity index (χ1n) is 8.31. The number of carbonyl (C=O) groups is 1. The molecule has 0 atom stereocenters. The number of aliphatic imine (C=N–C) groups is 1. The second-order valence-electron chi connectivity index (χ2n) is 6.19. The number of nitrogens with two attached hydrogens (primary N) is 1. The number of likely N-dealkylation sites (N-methyl/N-ethyl adjacent to an activating group) is 1. The Morgan fingerprint density at radius 3 is 2.93 bits per heavy atom. The average Bonchev–Trinajstić information content (AvgIpc) is 2.83. The molecule has 2 aliphatic heterocycles. The van der Waals surface area contributed by atoms with Crippen LogP contribution in [0.3, 0.4) is 0 Å². The lowest BCUT2D eigenvalue weighted by Gasteiger charge is -2.24. The van der Waals surface area contributed by atoms with Crippen LogP contribution < -0.4 is 16.6 Å². The first-order chi connectivity index (χ1) is 13.4. The van der Waals surface area contributed by atoms with Gasteiger partial charge in [0, 0.05) is 37.1 Å². The van der Waals surface area contributed by atoms with E-state index in [-0.39, 0.29) is 40.9 Å². The van der Waals surface area contributed by atoms with Gasteiger partial charge in [0.05, 0.1) is 11.8 Å². The van der Waals surface area contributed by atoms with Crippen molar-refractivity contribution >= 4 is 28.8 Å². The lowest BCUT2D eigenvalue weighted by Crippen LogP contribution is -2.30. The van der Waals surface area contributed by atoms with Crippen LogP contribution in [-0.4, -0.2) is 44.8 Å². The minimum absolute atomic E-state index is 0.00264. The summed E-state index contributed by atoms with van der Waals surface area (Å²) in [6, 6.07) is 0. The highest BCUT2D eigenvalue weighted by Gasteiger charge is 2.27. The van der Waals surface area contributed by atoms with Crippen LogP contribution in [0.4, 0.5) is 14.7 Å². The van der Waals surface area contributed by atoms with Gasteiger partial charge in [0.25, 0.3) is 5.56 Å². The third kappa shape index (κ3) is 2.76. The van der Waals surface area contributed by atoms with Crippen molar-refractivity contribution in [2.75, 3.05) is 19.3 Å². The zero-order valence-electron chi connectivity index (χ0n) is 14.7. The second-order valence-corrected chi connectivity index (χ2v) is 6.19. The lowest BCUT2D eigenvalue weighted by molar-refractivity contribution is -0.117. The van der Waals surface area contributed by atoms with E-state index >= 15 is 0 Å². The van der Waals surface area contributed by atoms with Crippen LogP contribution in [0.2, 0.25) is 0 Å². The van der Waals surface area contributed by atoms with Crippen LogP contribution >= 0.6 is 0 Å². The first-order valence-corrected chi connectivity index (χ1v) is 8.31. The van der Waals surface area contributed by atoms with Gasteiger partial charge in [-0.05, 0) is 12.5 Å². The average molecular weight is 387 g/mol. The molecule has 0 fully saturated rings. The van der Waals surface area contributed by atoms with Gasteiger partial charge in [-0.3, -0.25) is 14.6 Å². The number of H-pyrrole nitrogens is 1. The van der Waals surface area contributed by atoms with Crippen molar-refractivity contribution in [1.29, 1.82) is 0 Å². The van der Waals surface area contributed by atoms with Gasteiger partial charge in [-0.25, -0.2) is 18.3 Å². The molecule has 0 unspecified atom stereocenters. The molecule has 0 saturated heterocycles. The number of carbonyl (C=O) groups excluding carboxylic acids is 1. The largest absolute Gasteiger partial charge is 0.368 e. The van der Waals surface area contributed by atoms with Crippen molar-refractivity contribution in [3.8, 4) is 0 Å². The minimum Gasteiger partial charge on any atom is -0.368 e. The Bertz CT molecular complexity index is 1190. The molecule has 1 amide bonds. The predicted molar refractivity (Wildman–Crippen MR) is 98.3 cm³/mol. The highest BCUT2D eigenvalue weighted by molar-refractivity contribution is 6.04. The maximum absolute atomic E-state index is 14.7. The monoisotopic (exact) mass is 387 g/mol. The number of fused-ring (bicyclic) bond motifs is 2. The van der Waals surface area contributed by atoms with Gasteiger partial charge in [0.2, 0.25) is 11.9 Å². The van der Waals surface area contributed by atoms with Crippen LogP contribution in [0.25, 0.3) is 11.1 Å². The highest BCUT2D eigenvalue weighted by Crippen LogP contribution is 2.31. The molecule has 0 saturated carbocycles. The number of hydrogen-bond acceptors (Lipinski definition) is 6.